The van der Waals surface area contributed by atoms with Gasteiger partial charge in [0.05, 0.1) is 35.9 Å². The lowest BCUT2D eigenvalue weighted by atomic mass is 9.86. The van der Waals surface area contributed by atoms with E-state index in [1.54, 1.807) is 12.1 Å². The Hall–Kier alpha value is -2.82. The molecular formula is C21H25FN4O3. The third-order valence-electron chi connectivity index (χ3n) is 6.35. The lowest BCUT2D eigenvalue weighted by Crippen LogP contribution is -2.33. The second-order valence-corrected chi connectivity index (χ2v) is 8.78. The number of fused-ring (bicyclic) bond motifs is 1. The zero-order valence-corrected chi connectivity index (χ0v) is 16.8. The Morgan fingerprint density at radius 1 is 1.34 bits per heavy atom. The lowest BCUT2D eigenvalue weighted by molar-refractivity contribution is -0.119. The van der Waals surface area contributed by atoms with Crippen molar-refractivity contribution in [3.8, 4) is 6.07 Å². The summed E-state index contributed by atoms with van der Waals surface area (Å²) in [4.78, 5) is 26.6. The number of halogens is 1. The molecule has 3 fully saturated rings. The van der Waals surface area contributed by atoms with Gasteiger partial charge in [-0.2, -0.15) is 5.26 Å². The highest BCUT2D eigenvalue weighted by molar-refractivity contribution is 5.90. The van der Waals surface area contributed by atoms with E-state index in [0.29, 0.717) is 29.1 Å². The van der Waals surface area contributed by atoms with Crippen LogP contribution in [-0.2, 0) is 9.53 Å². The molecule has 1 aromatic carbocycles. The molecule has 1 aromatic rings. The molecule has 2 saturated heterocycles. The highest BCUT2D eigenvalue weighted by atomic mass is 19.1. The number of amides is 2. The molecule has 3 aliphatic rings. The molecule has 0 bridgehead atoms. The molecule has 1 saturated carbocycles. The number of carbonyl (C=O) groups excluding carboxylic acids is 2. The number of rotatable bonds is 5. The number of piperidine rings is 1. The van der Waals surface area contributed by atoms with Gasteiger partial charge in [0.2, 0.25) is 5.91 Å². The van der Waals surface area contributed by atoms with E-state index in [9.17, 15) is 19.2 Å². The van der Waals surface area contributed by atoms with Crippen molar-refractivity contribution in [3.63, 3.8) is 0 Å². The van der Waals surface area contributed by atoms with Crippen LogP contribution in [0.4, 0.5) is 20.6 Å². The number of hydrogen-bond donors (Lipinski definition) is 1. The molecule has 1 N–H and O–H groups in total. The summed E-state index contributed by atoms with van der Waals surface area (Å²) >= 11 is 0. The van der Waals surface area contributed by atoms with Gasteiger partial charge in [-0.05, 0) is 49.8 Å². The highest BCUT2D eigenvalue weighted by Crippen LogP contribution is 2.60. The van der Waals surface area contributed by atoms with Gasteiger partial charge in [0.1, 0.15) is 11.9 Å². The predicted molar refractivity (Wildman–Crippen MR) is 105 cm³/mol. The molecule has 2 aliphatic heterocycles. The maximum Gasteiger partial charge on any atom is 0.414 e. The fourth-order valence-electron chi connectivity index (χ4n) is 4.88. The van der Waals surface area contributed by atoms with Crippen molar-refractivity contribution in [3.05, 3.63) is 24.0 Å². The summed E-state index contributed by atoms with van der Waals surface area (Å²) in [5.41, 5.74) is 0.625. The molecule has 0 spiro atoms. The lowest BCUT2D eigenvalue weighted by Gasteiger charge is -2.26. The van der Waals surface area contributed by atoms with E-state index in [4.69, 9.17) is 4.74 Å². The SMILES string of the molecule is CC(=O)NC[C@H]1CN(c2ccc(N3C[C@@H]4C(C(C)(C)C#N)[C@@H]4C3)c(F)c2)C(=O)O1. The van der Waals surface area contributed by atoms with E-state index in [0.717, 1.165) is 13.1 Å². The number of nitriles is 1. The molecule has 4 atom stereocenters. The van der Waals surface area contributed by atoms with Crippen LogP contribution in [0.5, 0.6) is 0 Å². The standard InChI is InChI=1S/C21H25FN4O3/c1-12(27)24-7-14-8-26(20(28)29-14)13-4-5-18(17(22)6-13)25-9-15-16(10-25)19(15)21(2,3)11-23/h4-6,14-16,19H,7-10H2,1-3H3,(H,24,27)/t14-,15-,16+,19?/m0/s1. The van der Waals surface area contributed by atoms with E-state index >= 15 is 0 Å². The zero-order valence-electron chi connectivity index (χ0n) is 16.8. The molecule has 0 aromatic heterocycles. The first-order valence-electron chi connectivity index (χ1n) is 9.89. The van der Waals surface area contributed by atoms with Gasteiger partial charge in [0, 0.05) is 20.0 Å². The van der Waals surface area contributed by atoms with Crippen molar-refractivity contribution in [1.29, 1.82) is 5.26 Å². The van der Waals surface area contributed by atoms with Crippen LogP contribution in [0.3, 0.4) is 0 Å². The molecular weight excluding hydrogens is 375 g/mol. The Bertz CT molecular complexity index is 884. The van der Waals surface area contributed by atoms with Crippen molar-refractivity contribution >= 4 is 23.4 Å². The van der Waals surface area contributed by atoms with Gasteiger partial charge in [-0.25, -0.2) is 9.18 Å². The van der Waals surface area contributed by atoms with Crippen LogP contribution in [0.25, 0.3) is 0 Å². The van der Waals surface area contributed by atoms with Crippen molar-refractivity contribution in [2.45, 2.75) is 26.9 Å². The second-order valence-electron chi connectivity index (χ2n) is 8.78. The number of anilines is 2. The Labute approximate surface area is 169 Å². The first-order chi connectivity index (χ1) is 13.7. The number of nitrogens with one attached hydrogen (secondary N) is 1. The van der Waals surface area contributed by atoms with Crippen LogP contribution < -0.4 is 15.1 Å². The minimum atomic E-state index is -0.545. The van der Waals surface area contributed by atoms with Crippen molar-refractivity contribution in [2.75, 3.05) is 36.0 Å². The molecule has 0 radical (unpaired) electrons. The first-order valence-corrected chi connectivity index (χ1v) is 9.89. The van der Waals surface area contributed by atoms with Gasteiger partial charge in [-0.3, -0.25) is 9.69 Å². The molecule has 154 valence electrons. The van der Waals surface area contributed by atoms with Gasteiger partial charge in [0.25, 0.3) is 0 Å². The summed E-state index contributed by atoms with van der Waals surface area (Å²) in [6.07, 6.45) is -1.00. The van der Waals surface area contributed by atoms with Crippen LogP contribution in [-0.4, -0.2) is 44.3 Å². The Kier molecular flexibility index (Phi) is 4.64. The summed E-state index contributed by atoms with van der Waals surface area (Å²) in [5.74, 6) is 0.682. The number of carbonyl (C=O) groups is 2. The van der Waals surface area contributed by atoms with Crippen LogP contribution in [0.2, 0.25) is 0 Å². The highest BCUT2D eigenvalue weighted by Gasteiger charge is 2.61. The van der Waals surface area contributed by atoms with Crippen molar-refractivity contribution in [1.82, 2.24) is 5.32 Å². The van der Waals surface area contributed by atoms with E-state index in [1.165, 1.54) is 17.9 Å². The number of hydrogen-bond acceptors (Lipinski definition) is 5. The maximum atomic E-state index is 14.8. The largest absolute Gasteiger partial charge is 0.442 e. The van der Waals surface area contributed by atoms with E-state index in [2.05, 4.69) is 11.4 Å². The maximum absolute atomic E-state index is 14.8. The summed E-state index contributed by atoms with van der Waals surface area (Å²) in [7, 11) is 0. The van der Waals surface area contributed by atoms with Crippen LogP contribution in [0, 0.1) is 40.3 Å². The minimum Gasteiger partial charge on any atom is -0.442 e. The third-order valence-corrected chi connectivity index (χ3v) is 6.35. The number of cyclic esters (lactones) is 1. The molecule has 7 nitrogen and oxygen atoms in total. The normalized spacial score (nSPS) is 28.0. The average molecular weight is 400 g/mol. The van der Waals surface area contributed by atoms with E-state index in [1.807, 2.05) is 18.7 Å². The molecule has 29 heavy (non-hydrogen) atoms. The smallest absolute Gasteiger partial charge is 0.414 e. The first kappa shape index (κ1) is 19.5. The molecule has 8 heteroatoms. The van der Waals surface area contributed by atoms with Crippen LogP contribution >= 0.6 is 0 Å². The van der Waals surface area contributed by atoms with E-state index < -0.39 is 12.2 Å². The number of ether oxygens (including phenoxy) is 1. The zero-order chi connectivity index (χ0) is 20.9. The van der Waals surface area contributed by atoms with Gasteiger partial charge >= 0.3 is 6.09 Å². The summed E-state index contributed by atoms with van der Waals surface area (Å²) in [6.45, 7) is 7.34. The molecule has 2 heterocycles. The summed E-state index contributed by atoms with van der Waals surface area (Å²) < 4.78 is 20.1. The molecule has 4 rings (SSSR count). The van der Waals surface area contributed by atoms with Crippen molar-refractivity contribution < 1.29 is 18.7 Å². The third kappa shape index (κ3) is 3.50. The summed E-state index contributed by atoms with van der Waals surface area (Å²) in [5, 5.41) is 12.0. The quantitative estimate of drug-likeness (QED) is 0.821. The fourth-order valence-corrected chi connectivity index (χ4v) is 4.88. The Morgan fingerprint density at radius 3 is 2.62 bits per heavy atom. The molecule has 2 amide bonds. The van der Waals surface area contributed by atoms with Crippen LogP contribution in [0.15, 0.2) is 18.2 Å². The van der Waals surface area contributed by atoms with Gasteiger partial charge in [-0.1, -0.05) is 0 Å². The summed E-state index contributed by atoms with van der Waals surface area (Å²) in [6, 6.07) is 7.18. The topological polar surface area (TPSA) is 85.7 Å². The fraction of sp³-hybridized carbons (Fsp3) is 0.571. The second kappa shape index (κ2) is 6.90. The van der Waals surface area contributed by atoms with Crippen LogP contribution in [0.1, 0.15) is 20.8 Å². The average Bonchev–Trinajstić information content (AvgIpc) is 3.00. The number of benzene rings is 1. The number of nitrogens with zero attached hydrogens (tertiary/aromatic N) is 3. The van der Waals surface area contributed by atoms with Gasteiger partial charge in [-0.15, -0.1) is 0 Å². The minimum absolute atomic E-state index is 0.195. The molecule has 1 unspecified atom stereocenters. The Morgan fingerprint density at radius 2 is 2.03 bits per heavy atom. The predicted octanol–water partition coefficient (Wildman–Crippen LogP) is 2.52. The Balaban J connectivity index is 1.41. The monoisotopic (exact) mass is 400 g/mol. The van der Waals surface area contributed by atoms with E-state index in [-0.39, 0.29) is 30.2 Å². The molecule has 1 aliphatic carbocycles. The van der Waals surface area contributed by atoms with Gasteiger partial charge in [0.15, 0.2) is 0 Å². The van der Waals surface area contributed by atoms with Crippen molar-refractivity contribution in [2.24, 2.45) is 23.2 Å². The van der Waals surface area contributed by atoms with Gasteiger partial charge < -0.3 is 15.0 Å².